The Morgan fingerprint density at radius 1 is 0.960 bits per heavy atom. The first kappa shape index (κ1) is 18.1. The summed E-state index contributed by atoms with van der Waals surface area (Å²) >= 11 is 3.64. The average Bonchev–Trinajstić information content (AvgIpc) is 3.05. The maximum atomic E-state index is 5.30. The molecule has 4 heteroatoms. The predicted octanol–water partition coefficient (Wildman–Crippen LogP) is 5.87. The van der Waals surface area contributed by atoms with Crippen LogP contribution in [0.3, 0.4) is 0 Å². The quantitative estimate of drug-likeness (QED) is 0.504. The fourth-order valence-corrected chi connectivity index (χ4v) is 4.48. The highest BCUT2D eigenvalue weighted by molar-refractivity contribution is 7.98. The number of methoxy groups -OCH3 is 1. The molecule has 0 aliphatic carbocycles. The van der Waals surface area contributed by atoms with Crippen LogP contribution in [-0.4, -0.2) is 32.4 Å². The van der Waals surface area contributed by atoms with Crippen molar-refractivity contribution in [2.45, 2.75) is 11.4 Å². The monoisotopic (exact) mass is 369 g/mol. The average molecular weight is 370 g/mol. The highest BCUT2D eigenvalue weighted by Crippen LogP contribution is 2.40. The Kier molecular flexibility index (Phi) is 5.84. The van der Waals surface area contributed by atoms with Crippen molar-refractivity contribution in [1.82, 2.24) is 4.90 Å². The smallest absolute Gasteiger partial charge is 0.118 e. The second-order valence-corrected chi connectivity index (χ2v) is 8.17. The summed E-state index contributed by atoms with van der Waals surface area (Å²) < 4.78 is 5.30. The summed E-state index contributed by atoms with van der Waals surface area (Å²) in [6.07, 6.45) is 2.11. The largest absolute Gasteiger partial charge is 0.497 e. The van der Waals surface area contributed by atoms with Crippen molar-refractivity contribution in [2.24, 2.45) is 0 Å². The van der Waals surface area contributed by atoms with E-state index in [9.17, 15) is 0 Å². The van der Waals surface area contributed by atoms with Gasteiger partial charge in [-0.25, -0.2) is 0 Å². The number of ether oxygens (including phenoxy) is 1. The number of thiophene rings is 1. The molecule has 0 aliphatic rings. The summed E-state index contributed by atoms with van der Waals surface area (Å²) in [6, 6.07) is 19.5. The minimum Gasteiger partial charge on any atom is -0.497 e. The molecular formula is C21H23NOS2. The molecule has 0 radical (unpaired) electrons. The Balaban J connectivity index is 2.05. The normalized spacial score (nSPS) is 11.1. The van der Waals surface area contributed by atoms with Gasteiger partial charge in [0.15, 0.2) is 0 Å². The zero-order valence-electron chi connectivity index (χ0n) is 15.1. The molecule has 3 rings (SSSR count). The molecule has 0 fully saturated rings. The van der Waals surface area contributed by atoms with Crippen LogP contribution in [-0.2, 0) is 6.54 Å². The van der Waals surface area contributed by atoms with E-state index in [1.54, 1.807) is 18.9 Å². The van der Waals surface area contributed by atoms with Gasteiger partial charge < -0.3 is 9.64 Å². The van der Waals surface area contributed by atoms with Crippen molar-refractivity contribution < 1.29 is 4.74 Å². The van der Waals surface area contributed by atoms with Gasteiger partial charge in [-0.1, -0.05) is 12.1 Å². The fraction of sp³-hybridized carbons (Fsp3) is 0.238. The van der Waals surface area contributed by atoms with Crippen molar-refractivity contribution in [3.05, 3.63) is 59.5 Å². The van der Waals surface area contributed by atoms with Gasteiger partial charge in [-0.3, -0.25) is 0 Å². The van der Waals surface area contributed by atoms with Gasteiger partial charge in [0.1, 0.15) is 5.75 Å². The molecule has 1 heterocycles. The lowest BCUT2D eigenvalue weighted by Gasteiger charge is -2.06. The zero-order valence-corrected chi connectivity index (χ0v) is 16.7. The van der Waals surface area contributed by atoms with Crippen molar-refractivity contribution in [3.63, 3.8) is 0 Å². The van der Waals surface area contributed by atoms with E-state index in [4.69, 9.17) is 4.74 Å². The Labute approximate surface area is 158 Å². The van der Waals surface area contributed by atoms with Crippen LogP contribution in [0.25, 0.3) is 21.6 Å². The van der Waals surface area contributed by atoms with Gasteiger partial charge in [0.25, 0.3) is 0 Å². The van der Waals surface area contributed by atoms with Crippen molar-refractivity contribution in [3.8, 4) is 27.3 Å². The van der Waals surface area contributed by atoms with E-state index in [0.29, 0.717) is 0 Å². The molecule has 3 aromatic rings. The topological polar surface area (TPSA) is 12.5 Å². The Morgan fingerprint density at radius 2 is 1.60 bits per heavy atom. The molecule has 0 saturated carbocycles. The number of hydrogen-bond acceptors (Lipinski definition) is 4. The SMILES string of the molecule is COc1ccc(-c2sc(CN(C)C)cc2-c2ccc(SC)cc2)cc1. The Morgan fingerprint density at radius 3 is 2.16 bits per heavy atom. The highest BCUT2D eigenvalue weighted by atomic mass is 32.2. The molecule has 1 aromatic heterocycles. The predicted molar refractivity (Wildman–Crippen MR) is 111 cm³/mol. The van der Waals surface area contributed by atoms with E-state index < -0.39 is 0 Å². The molecule has 2 nitrogen and oxygen atoms in total. The summed E-state index contributed by atoms with van der Waals surface area (Å²) in [5.74, 6) is 0.889. The summed E-state index contributed by atoms with van der Waals surface area (Å²) in [5.41, 5.74) is 3.81. The number of hydrogen-bond donors (Lipinski definition) is 0. The number of benzene rings is 2. The van der Waals surface area contributed by atoms with E-state index in [1.807, 2.05) is 23.5 Å². The lowest BCUT2D eigenvalue weighted by molar-refractivity contribution is 0.406. The molecule has 0 spiro atoms. The minimum atomic E-state index is 0.889. The Hall–Kier alpha value is -1.75. The van der Waals surface area contributed by atoms with Gasteiger partial charge in [-0.05, 0) is 73.9 Å². The fourth-order valence-electron chi connectivity index (χ4n) is 2.77. The summed E-state index contributed by atoms with van der Waals surface area (Å²) in [7, 11) is 5.92. The van der Waals surface area contributed by atoms with Crippen LogP contribution >= 0.6 is 23.1 Å². The molecule has 0 aliphatic heterocycles. The molecule has 0 unspecified atom stereocenters. The van der Waals surface area contributed by atoms with E-state index >= 15 is 0 Å². The lowest BCUT2D eigenvalue weighted by Crippen LogP contribution is -2.09. The zero-order chi connectivity index (χ0) is 17.8. The molecule has 0 atom stereocenters. The van der Waals surface area contributed by atoms with Crippen LogP contribution < -0.4 is 4.74 Å². The molecule has 0 N–H and O–H groups in total. The summed E-state index contributed by atoms with van der Waals surface area (Å²) in [6.45, 7) is 0.955. The van der Waals surface area contributed by atoms with Gasteiger partial charge in [-0.2, -0.15) is 0 Å². The maximum absolute atomic E-state index is 5.30. The van der Waals surface area contributed by atoms with Crippen LogP contribution in [0.2, 0.25) is 0 Å². The molecule has 2 aromatic carbocycles. The standard InChI is InChI=1S/C21H23NOS2/c1-22(2)14-19-13-20(15-7-11-18(24-4)12-8-15)21(25-19)16-5-9-17(23-3)10-6-16/h5-13H,14H2,1-4H3. The molecule has 0 amide bonds. The van der Waals surface area contributed by atoms with Gasteiger partial charge in [0, 0.05) is 26.8 Å². The Bertz CT molecular complexity index is 755. The summed E-state index contributed by atoms with van der Waals surface area (Å²) in [4.78, 5) is 6.19. The van der Waals surface area contributed by atoms with Crippen molar-refractivity contribution in [2.75, 3.05) is 27.5 Å². The van der Waals surface area contributed by atoms with E-state index in [0.717, 1.165) is 12.3 Å². The van der Waals surface area contributed by atoms with Gasteiger partial charge in [-0.15, -0.1) is 23.1 Å². The second kappa shape index (κ2) is 8.09. The maximum Gasteiger partial charge on any atom is 0.118 e. The molecule has 0 saturated heterocycles. The number of thioether (sulfide) groups is 1. The first-order chi connectivity index (χ1) is 12.1. The number of nitrogens with zero attached hydrogens (tertiary/aromatic N) is 1. The highest BCUT2D eigenvalue weighted by Gasteiger charge is 2.14. The second-order valence-electron chi connectivity index (χ2n) is 6.15. The van der Waals surface area contributed by atoms with E-state index in [2.05, 4.69) is 67.7 Å². The lowest BCUT2D eigenvalue weighted by atomic mass is 10.0. The number of rotatable bonds is 6. The van der Waals surface area contributed by atoms with Gasteiger partial charge >= 0.3 is 0 Å². The van der Waals surface area contributed by atoms with Crippen LogP contribution in [0.4, 0.5) is 0 Å². The van der Waals surface area contributed by atoms with E-state index in [1.165, 1.54) is 31.3 Å². The third kappa shape index (κ3) is 4.27. The van der Waals surface area contributed by atoms with Crippen LogP contribution in [0, 0.1) is 0 Å². The van der Waals surface area contributed by atoms with Gasteiger partial charge in [0.05, 0.1) is 7.11 Å². The molecule has 25 heavy (non-hydrogen) atoms. The van der Waals surface area contributed by atoms with Crippen LogP contribution in [0.1, 0.15) is 4.88 Å². The molecular weight excluding hydrogens is 346 g/mol. The first-order valence-corrected chi connectivity index (χ1v) is 10.2. The molecule has 130 valence electrons. The molecule has 0 bridgehead atoms. The van der Waals surface area contributed by atoms with Gasteiger partial charge in [0.2, 0.25) is 0 Å². The minimum absolute atomic E-state index is 0.889. The third-order valence-corrected chi connectivity index (χ3v) is 5.92. The van der Waals surface area contributed by atoms with Crippen LogP contribution in [0.15, 0.2) is 59.5 Å². The third-order valence-electron chi connectivity index (χ3n) is 4.01. The van der Waals surface area contributed by atoms with Crippen molar-refractivity contribution in [1.29, 1.82) is 0 Å². The van der Waals surface area contributed by atoms with Crippen LogP contribution in [0.5, 0.6) is 5.75 Å². The van der Waals surface area contributed by atoms with E-state index in [-0.39, 0.29) is 0 Å². The summed E-state index contributed by atoms with van der Waals surface area (Å²) in [5, 5.41) is 0. The first-order valence-electron chi connectivity index (χ1n) is 8.17. The van der Waals surface area contributed by atoms with Crippen molar-refractivity contribution >= 4 is 23.1 Å².